The van der Waals surface area contributed by atoms with Crippen molar-refractivity contribution in [3.63, 3.8) is 0 Å². The van der Waals surface area contributed by atoms with E-state index in [9.17, 15) is 9.59 Å². The Kier molecular flexibility index (Phi) is 4.15. The summed E-state index contributed by atoms with van der Waals surface area (Å²) < 4.78 is 5.81. The van der Waals surface area contributed by atoms with Crippen molar-refractivity contribution in [2.75, 3.05) is 24.5 Å². The van der Waals surface area contributed by atoms with Crippen molar-refractivity contribution in [3.8, 4) is 5.75 Å². The maximum atomic E-state index is 12.9. The number of piperidine rings is 1. The lowest BCUT2D eigenvalue weighted by atomic mass is 9.97. The second-order valence-corrected chi connectivity index (χ2v) is 6.39. The van der Waals surface area contributed by atoms with E-state index in [1.165, 1.54) is 0 Å². The standard InChI is InChI=1S/C17H22N2O4/c1-11-3-4-15-14(9-11)19(10-12(2)23-15)17(22)18-7-5-13(6-8-18)16(20)21/h3-4,9,12-13H,5-8,10H2,1-2H3,(H,20,21)/t12-/m0/s1. The van der Waals surface area contributed by atoms with E-state index in [0.717, 1.165) is 17.0 Å². The Labute approximate surface area is 135 Å². The second-order valence-electron chi connectivity index (χ2n) is 6.39. The number of amides is 2. The summed E-state index contributed by atoms with van der Waals surface area (Å²) in [5.74, 6) is -0.377. The van der Waals surface area contributed by atoms with Gasteiger partial charge < -0.3 is 14.7 Å². The molecule has 1 aromatic carbocycles. The van der Waals surface area contributed by atoms with Crippen molar-refractivity contribution in [3.05, 3.63) is 23.8 Å². The number of aryl methyl sites for hydroxylation is 1. The molecule has 6 heteroatoms. The van der Waals surface area contributed by atoms with Crippen LogP contribution < -0.4 is 9.64 Å². The maximum absolute atomic E-state index is 12.9. The molecule has 2 aliphatic rings. The van der Waals surface area contributed by atoms with Crippen LogP contribution in [0.1, 0.15) is 25.3 Å². The highest BCUT2D eigenvalue weighted by Crippen LogP contribution is 2.35. The Balaban J connectivity index is 1.78. The number of carboxylic acids is 1. The zero-order valence-electron chi connectivity index (χ0n) is 13.5. The molecule has 0 radical (unpaired) electrons. The number of rotatable bonds is 1. The predicted octanol–water partition coefficient (Wildman–Crippen LogP) is 2.50. The summed E-state index contributed by atoms with van der Waals surface area (Å²) in [5, 5.41) is 9.08. The topological polar surface area (TPSA) is 70.1 Å². The van der Waals surface area contributed by atoms with Gasteiger partial charge in [-0.15, -0.1) is 0 Å². The monoisotopic (exact) mass is 318 g/mol. The highest BCUT2D eigenvalue weighted by atomic mass is 16.5. The van der Waals surface area contributed by atoms with Gasteiger partial charge in [0.15, 0.2) is 0 Å². The SMILES string of the molecule is Cc1ccc2c(c1)N(C(=O)N1CCC(C(=O)O)CC1)C[C@H](C)O2. The van der Waals surface area contributed by atoms with Gasteiger partial charge in [-0.05, 0) is 44.4 Å². The van der Waals surface area contributed by atoms with Gasteiger partial charge in [0.25, 0.3) is 0 Å². The number of nitrogens with zero attached hydrogens (tertiary/aromatic N) is 2. The summed E-state index contributed by atoms with van der Waals surface area (Å²) in [4.78, 5) is 27.5. The predicted molar refractivity (Wildman–Crippen MR) is 85.9 cm³/mol. The third kappa shape index (κ3) is 3.11. The minimum Gasteiger partial charge on any atom is -0.487 e. The van der Waals surface area contributed by atoms with Crippen molar-refractivity contribution in [2.24, 2.45) is 5.92 Å². The van der Waals surface area contributed by atoms with Gasteiger partial charge in [0.2, 0.25) is 0 Å². The molecule has 23 heavy (non-hydrogen) atoms. The quantitative estimate of drug-likeness (QED) is 0.863. The average molecular weight is 318 g/mol. The maximum Gasteiger partial charge on any atom is 0.324 e. The molecule has 1 atom stereocenters. The minimum atomic E-state index is -0.766. The molecule has 1 aromatic rings. The van der Waals surface area contributed by atoms with Gasteiger partial charge in [-0.1, -0.05) is 6.07 Å². The molecule has 0 spiro atoms. The first-order valence-electron chi connectivity index (χ1n) is 8.02. The lowest BCUT2D eigenvalue weighted by Crippen LogP contribution is -2.51. The second kappa shape index (κ2) is 6.10. The number of carboxylic acid groups (broad SMARTS) is 1. The fourth-order valence-electron chi connectivity index (χ4n) is 3.22. The van der Waals surface area contributed by atoms with Gasteiger partial charge in [-0.25, -0.2) is 4.79 Å². The third-order valence-electron chi connectivity index (χ3n) is 4.52. The van der Waals surface area contributed by atoms with Gasteiger partial charge in [0.05, 0.1) is 18.2 Å². The zero-order valence-corrected chi connectivity index (χ0v) is 13.5. The number of aliphatic carboxylic acids is 1. The lowest BCUT2D eigenvalue weighted by Gasteiger charge is -2.38. The number of hydrogen-bond donors (Lipinski definition) is 1. The Morgan fingerprint density at radius 2 is 1.96 bits per heavy atom. The molecule has 6 nitrogen and oxygen atoms in total. The first-order chi connectivity index (χ1) is 11.0. The number of benzene rings is 1. The molecule has 0 bridgehead atoms. The Hall–Kier alpha value is -2.24. The Bertz CT molecular complexity index is 623. The van der Waals surface area contributed by atoms with Gasteiger partial charge in [0.1, 0.15) is 11.9 Å². The molecule has 0 aromatic heterocycles. The van der Waals surface area contributed by atoms with E-state index in [2.05, 4.69) is 0 Å². The summed E-state index contributed by atoms with van der Waals surface area (Å²) in [6, 6.07) is 5.77. The first kappa shape index (κ1) is 15.6. The van der Waals surface area contributed by atoms with Crippen LogP contribution in [-0.4, -0.2) is 47.7 Å². The summed E-state index contributed by atoms with van der Waals surface area (Å²) in [6.45, 7) is 5.42. The van der Waals surface area contributed by atoms with E-state index in [1.54, 1.807) is 9.80 Å². The van der Waals surface area contributed by atoms with Crippen LogP contribution in [0.3, 0.4) is 0 Å². The first-order valence-corrected chi connectivity index (χ1v) is 8.02. The number of carbonyl (C=O) groups is 2. The highest BCUT2D eigenvalue weighted by Gasteiger charge is 2.33. The van der Waals surface area contributed by atoms with E-state index in [1.807, 2.05) is 32.0 Å². The average Bonchev–Trinajstić information content (AvgIpc) is 2.54. The summed E-state index contributed by atoms with van der Waals surface area (Å²) in [5.41, 5.74) is 1.87. The fraction of sp³-hybridized carbons (Fsp3) is 0.529. The van der Waals surface area contributed by atoms with Gasteiger partial charge in [-0.2, -0.15) is 0 Å². The van der Waals surface area contributed by atoms with Gasteiger partial charge in [0, 0.05) is 13.1 Å². The molecule has 0 unspecified atom stereocenters. The number of ether oxygens (including phenoxy) is 1. The van der Waals surface area contributed by atoms with Crippen LogP contribution in [0.15, 0.2) is 18.2 Å². The van der Waals surface area contributed by atoms with Crippen molar-refractivity contribution in [1.82, 2.24) is 4.90 Å². The summed E-state index contributed by atoms with van der Waals surface area (Å²) in [7, 11) is 0. The largest absolute Gasteiger partial charge is 0.487 e. The van der Waals surface area contributed by atoms with E-state index in [4.69, 9.17) is 9.84 Å². The number of urea groups is 1. The van der Waals surface area contributed by atoms with E-state index >= 15 is 0 Å². The molecule has 1 fully saturated rings. The Morgan fingerprint density at radius 3 is 2.61 bits per heavy atom. The Morgan fingerprint density at radius 1 is 1.26 bits per heavy atom. The summed E-state index contributed by atoms with van der Waals surface area (Å²) >= 11 is 0. The third-order valence-corrected chi connectivity index (χ3v) is 4.52. The summed E-state index contributed by atoms with van der Waals surface area (Å²) in [6.07, 6.45) is 0.967. The molecule has 2 amide bonds. The smallest absolute Gasteiger partial charge is 0.324 e. The minimum absolute atomic E-state index is 0.0594. The van der Waals surface area contributed by atoms with Crippen molar-refractivity contribution >= 4 is 17.7 Å². The van der Waals surface area contributed by atoms with Crippen molar-refractivity contribution in [1.29, 1.82) is 0 Å². The lowest BCUT2D eigenvalue weighted by molar-refractivity contribution is -0.143. The highest BCUT2D eigenvalue weighted by molar-refractivity contribution is 5.94. The van der Waals surface area contributed by atoms with Crippen molar-refractivity contribution < 1.29 is 19.4 Å². The molecule has 2 heterocycles. The number of hydrogen-bond acceptors (Lipinski definition) is 3. The fourth-order valence-corrected chi connectivity index (χ4v) is 3.22. The van der Waals surface area contributed by atoms with Crippen LogP contribution in [0.25, 0.3) is 0 Å². The van der Waals surface area contributed by atoms with Crippen LogP contribution >= 0.6 is 0 Å². The van der Waals surface area contributed by atoms with Crippen LogP contribution in [0.5, 0.6) is 5.75 Å². The van der Waals surface area contributed by atoms with Crippen LogP contribution in [0, 0.1) is 12.8 Å². The van der Waals surface area contributed by atoms with E-state index in [-0.39, 0.29) is 18.1 Å². The van der Waals surface area contributed by atoms with Gasteiger partial charge >= 0.3 is 12.0 Å². The molecule has 0 saturated carbocycles. The van der Waals surface area contributed by atoms with Crippen LogP contribution in [0.2, 0.25) is 0 Å². The van der Waals surface area contributed by atoms with Crippen LogP contribution in [0.4, 0.5) is 10.5 Å². The van der Waals surface area contributed by atoms with Crippen LogP contribution in [-0.2, 0) is 4.79 Å². The number of likely N-dealkylation sites (tertiary alicyclic amines) is 1. The molecule has 1 N–H and O–H groups in total. The number of anilines is 1. The molecule has 3 rings (SSSR count). The van der Waals surface area contributed by atoms with Gasteiger partial charge in [-0.3, -0.25) is 9.69 Å². The number of carbonyl (C=O) groups excluding carboxylic acids is 1. The zero-order chi connectivity index (χ0) is 16.6. The molecule has 2 aliphatic heterocycles. The normalized spacial score (nSPS) is 21.6. The van der Waals surface area contributed by atoms with E-state index < -0.39 is 5.97 Å². The number of fused-ring (bicyclic) bond motifs is 1. The molecule has 124 valence electrons. The molecular weight excluding hydrogens is 296 g/mol. The molecule has 1 saturated heterocycles. The van der Waals surface area contributed by atoms with E-state index in [0.29, 0.717) is 32.5 Å². The van der Waals surface area contributed by atoms with Crippen molar-refractivity contribution in [2.45, 2.75) is 32.8 Å². The molecule has 0 aliphatic carbocycles. The molecular formula is C17H22N2O4.